The highest BCUT2D eigenvalue weighted by Gasteiger charge is 2.20. The Hall–Kier alpha value is -2.41. The van der Waals surface area contributed by atoms with E-state index in [2.05, 4.69) is 60.7 Å². The van der Waals surface area contributed by atoms with Gasteiger partial charge in [-0.1, -0.05) is 51.8 Å². The Morgan fingerprint density at radius 3 is 2.53 bits per heavy atom. The number of rotatable bonds is 7. The van der Waals surface area contributed by atoms with Crippen LogP contribution in [0.3, 0.4) is 0 Å². The lowest BCUT2D eigenvalue weighted by molar-refractivity contribution is 0.102. The fourth-order valence-electron chi connectivity index (χ4n) is 3.92. The molecule has 0 saturated carbocycles. The fraction of sp³-hybridized carbons (Fsp3) is 0.280. The van der Waals surface area contributed by atoms with Crippen molar-refractivity contribution < 1.29 is 4.79 Å². The second-order valence-electron chi connectivity index (χ2n) is 8.09. The van der Waals surface area contributed by atoms with E-state index in [-0.39, 0.29) is 5.91 Å². The summed E-state index contributed by atoms with van der Waals surface area (Å²) < 4.78 is 1.12. The smallest absolute Gasteiger partial charge is 0.258 e. The summed E-state index contributed by atoms with van der Waals surface area (Å²) >= 11 is 9.37. The topological polar surface area (TPSA) is 57.3 Å². The molecule has 1 fully saturated rings. The molecule has 7 heteroatoms. The number of aromatic nitrogens is 1. The standard InChI is InChI=1S/C25H26BrClN4O/c26-20-7-5-19(6-8-20)17-31-13-11-18(12-14-31)15-28-23-4-2-1-3-22(23)25(32)30-24-10-9-21(27)16-29-24/h1-10,16,18,28H,11-15,17H2,(H,29,30,32). The Morgan fingerprint density at radius 2 is 1.81 bits per heavy atom. The molecular weight excluding hydrogens is 488 g/mol. The van der Waals surface area contributed by atoms with Crippen LogP contribution in [0.15, 0.2) is 71.3 Å². The van der Waals surface area contributed by atoms with Gasteiger partial charge in [0.25, 0.3) is 5.91 Å². The number of carbonyl (C=O) groups is 1. The van der Waals surface area contributed by atoms with Gasteiger partial charge in [-0.2, -0.15) is 0 Å². The van der Waals surface area contributed by atoms with Crippen LogP contribution in [0, 0.1) is 5.92 Å². The summed E-state index contributed by atoms with van der Waals surface area (Å²) in [4.78, 5) is 19.4. The zero-order valence-corrected chi connectivity index (χ0v) is 20.1. The Balaban J connectivity index is 1.28. The van der Waals surface area contributed by atoms with Crippen molar-refractivity contribution in [1.29, 1.82) is 0 Å². The van der Waals surface area contributed by atoms with E-state index in [4.69, 9.17) is 11.6 Å². The molecule has 0 atom stereocenters. The minimum atomic E-state index is -0.188. The van der Waals surface area contributed by atoms with Crippen molar-refractivity contribution >= 4 is 44.9 Å². The summed E-state index contributed by atoms with van der Waals surface area (Å²) in [7, 11) is 0. The molecule has 1 amide bonds. The fourth-order valence-corrected chi connectivity index (χ4v) is 4.30. The number of hydrogen-bond acceptors (Lipinski definition) is 4. The number of anilines is 2. The number of hydrogen-bond donors (Lipinski definition) is 2. The Bertz CT molecular complexity index is 1030. The van der Waals surface area contributed by atoms with Crippen LogP contribution >= 0.6 is 27.5 Å². The van der Waals surface area contributed by atoms with Crippen LogP contribution in [0.2, 0.25) is 5.02 Å². The number of nitrogens with zero attached hydrogens (tertiary/aromatic N) is 2. The van der Waals surface area contributed by atoms with Crippen LogP contribution in [0.5, 0.6) is 0 Å². The minimum absolute atomic E-state index is 0.188. The Morgan fingerprint density at radius 1 is 1.06 bits per heavy atom. The number of pyridine rings is 1. The first-order chi connectivity index (χ1) is 15.6. The lowest BCUT2D eigenvalue weighted by atomic mass is 9.96. The van der Waals surface area contributed by atoms with Crippen molar-refractivity contribution in [3.8, 4) is 0 Å². The van der Waals surface area contributed by atoms with Gasteiger partial charge in [0.15, 0.2) is 0 Å². The van der Waals surface area contributed by atoms with E-state index in [0.29, 0.717) is 22.3 Å². The highest BCUT2D eigenvalue weighted by atomic mass is 79.9. The summed E-state index contributed by atoms with van der Waals surface area (Å²) in [5.74, 6) is 0.879. The molecule has 1 saturated heterocycles. The predicted molar refractivity (Wildman–Crippen MR) is 134 cm³/mol. The molecule has 32 heavy (non-hydrogen) atoms. The first-order valence-electron chi connectivity index (χ1n) is 10.8. The first kappa shape index (κ1) is 22.8. The quantitative estimate of drug-likeness (QED) is 0.402. The summed E-state index contributed by atoms with van der Waals surface area (Å²) in [5.41, 5.74) is 2.80. The molecular formula is C25H26BrClN4O. The molecule has 3 aromatic rings. The van der Waals surface area contributed by atoms with Gasteiger partial charge in [-0.25, -0.2) is 4.98 Å². The molecule has 0 bridgehead atoms. The molecule has 0 radical (unpaired) electrons. The minimum Gasteiger partial charge on any atom is -0.384 e. The third kappa shape index (κ3) is 6.31. The highest BCUT2D eigenvalue weighted by molar-refractivity contribution is 9.10. The highest BCUT2D eigenvalue weighted by Crippen LogP contribution is 2.23. The van der Waals surface area contributed by atoms with Gasteiger partial charge in [0.1, 0.15) is 5.82 Å². The van der Waals surface area contributed by atoms with Crippen LogP contribution in [0.1, 0.15) is 28.8 Å². The molecule has 2 aromatic carbocycles. The number of benzene rings is 2. The maximum atomic E-state index is 12.8. The number of para-hydroxylation sites is 1. The van der Waals surface area contributed by atoms with E-state index in [1.54, 1.807) is 12.1 Å². The number of piperidine rings is 1. The third-order valence-corrected chi connectivity index (χ3v) is 6.50. The monoisotopic (exact) mass is 512 g/mol. The van der Waals surface area contributed by atoms with Gasteiger partial charge in [0, 0.05) is 29.4 Å². The maximum Gasteiger partial charge on any atom is 0.258 e. The number of likely N-dealkylation sites (tertiary alicyclic amines) is 1. The molecule has 0 spiro atoms. The van der Waals surface area contributed by atoms with Gasteiger partial charge in [-0.05, 0) is 73.8 Å². The van der Waals surface area contributed by atoms with Crippen molar-refractivity contribution in [3.05, 3.63) is 87.5 Å². The number of nitrogens with one attached hydrogen (secondary N) is 2. The maximum absolute atomic E-state index is 12.8. The SMILES string of the molecule is O=C(Nc1ccc(Cl)cn1)c1ccccc1NCC1CCN(Cc2ccc(Br)cc2)CC1. The van der Waals surface area contributed by atoms with Crippen LogP contribution in [0.25, 0.3) is 0 Å². The van der Waals surface area contributed by atoms with Crippen molar-refractivity contribution in [3.63, 3.8) is 0 Å². The van der Waals surface area contributed by atoms with E-state index in [9.17, 15) is 4.79 Å². The largest absolute Gasteiger partial charge is 0.384 e. The van der Waals surface area contributed by atoms with E-state index in [1.807, 2.05) is 24.3 Å². The van der Waals surface area contributed by atoms with Crippen LogP contribution in [0.4, 0.5) is 11.5 Å². The zero-order chi connectivity index (χ0) is 22.3. The van der Waals surface area contributed by atoms with Gasteiger partial charge in [-0.3, -0.25) is 9.69 Å². The van der Waals surface area contributed by atoms with Gasteiger partial charge in [0.2, 0.25) is 0 Å². The van der Waals surface area contributed by atoms with E-state index < -0.39 is 0 Å². The number of amides is 1. The van der Waals surface area contributed by atoms with Crippen molar-refractivity contribution in [2.24, 2.45) is 5.92 Å². The second-order valence-corrected chi connectivity index (χ2v) is 9.44. The molecule has 2 N–H and O–H groups in total. The van der Waals surface area contributed by atoms with Crippen LogP contribution in [-0.2, 0) is 6.54 Å². The molecule has 1 aliphatic heterocycles. The average Bonchev–Trinajstić information content (AvgIpc) is 2.82. The lowest BCUT2D eigenvalue weighted by Gasteiger charge is -2.32. The molecule has 2 heterocycles. The number of carbonyl (C=O) groups excluding carboxylic acids is 1. The van der Waals surface area contributed by atoms with Crippen molar-refractivity contribution in [2.45, 2.75) is 19.4 Å². The summed E-state index contributed by atoms with van der Waals surface area (Å²) in [6.07, 6.45) is 3.81. The third-order valence-electron chi connectivity index (χ3n) is 5.75. The van der Waals surface area contributed by atoms with Crippen LogP contribution in [-0.4, -0.2) is 35.4 Å². The molecule has 1 aromatic heterocycles. The summed E-state index contributed by atoms with van der Waals surface area (Å²) in [6, 6.07) is 19.6. The molecule has 0 unspecified atom stereocenters. The molecule has 0 aliphatic carbocycles. The van der Waals surface area contributed by atoms with Gasteiger partial charge in [-0.15, -0.1) is 0 Å². The molecule has 4 rings (SSSR count). The Kier molecular flexibility index (Phi) is 7.79. The molecule has 1 aliphatic rings. The Labute approximate surface area is 202 Å². The van der Waals surface area contributed by atoms with E-state index in [0.717, 1.165) is 49.2 Å². The van der Waals surface area contributed by atoms with E-state index >= 15 is 0 Å². The second kappa shape index (κ2) is 10.9. The van der Waals surface area contributed by atoms with Crippen molar-refractivity contribution in [1.82, 2.24) is 9.88 Å². The molecule has 166 valence electrons. The predicted octanol–water partition coefficient (Wildman–Crippen LogP) is 6.07. The first-order valence-corrected chi connectivity index (χ1v) is 12.0. The van der Waals surface area contributed by atoms with E-state index in [1.165, 1.54) is 11.8 Å². The van der Waals surface area contributed by atoms with Gasteiger partial charge >= 0.3 is 0 Å². The average molecular weight is 514 g/mol. The summed E-state index contributed by atoms with van der Waals surface area (Å²) in [6.45, 7) is 4.03. The summed E-state index contributed by atoms with van der Waals surface area (Å²) in [5, 5.41) is 6.88. The van der Waals surface area contributed by atoms with Crippen molar-refractivity contribution in [2.75, 3.05) is 30.3 Å². The molecule has 5 nitrogen and oxygen atoms in total. The number of halogens is 2. The van der Waals surface area contributed by atoms with Gasteiger partial charge < -0.3 is 10.6 Å². The normalized spacial score (nSPS) is 14.8. The van der Waals surface area contributed by atoms with Crippen LogP contribution < -0.4 is 10.6 Å². The zero-order valence-electron chi connectivity index (χ0n) is 17.7. The lowest BCUT2D eigenvalue weighted by Crippen LogP contribution is -2.35. The van der Waals surface area contributed by atoms with Gasteiger partial charge in [0.05, 0.1) is 10.6 Å².